The van der Waals surface area contributed by atoms with Crippen LogP contribution in [0.1, 0.15) is 33.3 Å². The first-order valence-electron chi connectivity index (χ1n) is 7.98. The molecule has 1 aromatic rings. The van der Waals surface area contributed by atoms with E-state index in [0.717, 1.165) is 0 Å². The molecule has 7 heteroatoms. The van der Waals surface area contributed by atoms with Crippen LogP contribution in [0.3, 0.4) is 0 Å². The third-order valence-corrected chi connectivity index (χ3v) is 4.96. The fraction of sp³-hybridized carbons (Fsp3) is 0.588. The molecule has 0 N–H and O–H groups in total. The number of nitrogens with zero attached hydrogens (tertiary/aromatic N) is 1. The Morgan fingerprint density at radius 2 is 1.88 bits per heavy atom. The Morgan fingerprint density at radius 1 is 1.25 bits per heavy atom. The predicted octanol–water partition coefficient (Wildman–Crippen LogP) is 2.79. The van der Waals surface area contributed by atoms with Crippen LogP contribution in [0.5, 0.6) is 0 Å². The largest absolute Gasteiger partial charge is 0.444 e. The molecule has 0 aromatic heterocycles. The van der Waals surface area contributed by atoms with Gasteiger partial charge in [0.2, 0.25) is 0 Å². The van der Waals surface area contributed by atoms with E-state index in [4.69, 9.17) is 8.92 Å². The molecule has 1 fully saturated rings. The topological polar surface area (TPSA) is 72.9 Å². The molecule has 0 aliphatic carbocycles. The molecule has 2 atom stereocenters. The SMILES string of the molecule is CC1CN(C(=O)OC(C)(C)C)[C@H]1COS(=O)(=O)Cc1ccccc1. The summed E-state index contributed by atoms with van der Waals surface area (Å²) in [5, 5.41) is 0. The molecule has 1 aromatic carbocycles. The molecule has 134 valence electrons. The van der Waals surface area contributed by atoms with Gasteiger partial charge in [-0.15, -0.1) is 0 Å². The number of likely N-dealkylation sites (tertiary alicyclic amines) is 1. The van der Waals surface area contributed by atoms with Crippen molar-refractivity contribution in [1.29, 1.82) is 0 Å². The summed E-state index contributed by atoms with van der Waals surface area (Å²) < 4.78 is 34.7. The van der Waals surface area contributed by atoms with Crippen LogP contribution in [0.25, 0.3) is 0 Å². The minimum Gasteiger partial charge on any atom is -0.444 e. The molecular formula is C17H25NO5S. The van der Waals surface area contributed by atoms with Crippen molar-refractivity contribution in [3.05, 3.63) is 35.9 Å². The van der Waals surface area contributed by atoms with Gasteiger partial charge >= 0.3 is 6.09 Å². The molecule has 24 heavy (non-hydrogen) atoms. The minimum absolute atomic E-state index is 0.0461. The molecule has 1 amide bonds. The van der Waals surface area contributed by atoms with E-state index in [1.54, 1.807) is 45.0 Å². The van der Waals surface area contributed by atoms with Crippen LogP contribution in [-0.2, 0) is 24.8 Å². The minimum atomic E-state index is -3.69. The monoisotopic (exact) mass is 355 g/mol. The van der Waals surface area contributed by atoms with E-state index in [1.807, 2.05) is 13.0 Å². The van der Waals surface area contributed by atoms with Gasteiger partial charge in [0.1, 0.15) is 11.4 Å². The van der Waals surface area contributed by atoms with Gasteiger partial charge < -0.3 is 9.64 Å². The van der Waals surface area contributed by atoms with Crippen LogP contribution >= 0.6 is 0 Å². The first-order chi connectivity index (χ1) is 11.1. The second kappa shape index (κ2) is 7.11. The van der Waals surface area contributed by atoms with Gasteiger partial charge in [-0.2, -0.15) is 8.42 Å². The lowest BCUT2D eigenvalue weighted by Crippen LogP contribution is -2.60. The van der Waals surface area contributed by atoms with Gasteiger partial charge in [-0.05, 0) is 32.3 Å². The van der Waals surface area contributed by atoms with Crippen molar-refractivity contribution in [2.75, 3.05) is 13.2 Å². The molecule has 1 heterocycles. The molecule has 1 aliphatic rings. The average Bonchev–Trinajstić information content (AvgIpc) is 2.43. The molecule has 1 unspecified atom stereocenters. The zero-order chi connectivity index (χ0) is 18.0. The lowest BCUT2D eigenvalue weighted by atomic mass is 9.92. The van der Waals surface area contributed by atoms with Gasteiger partial charge in [0.25, 0.3) is 10.1 Å². The third-order valence-electron chi connectivity index (χ3n) is 3.77. The standard InChI is InChI=1S/C17H25NO5S/c1-13-10-18(16(19)23-17(2,3)4)15(13)11-22-24(20,21)12-14-8-6-5-7-9-14/h5-9,13,15H,10-12H2,1-4H3/t13?,15-/m0/s1. The van der Waals surface area contributed by atoms with Crippen molar-refractivity contribution in [2.45, 2.75) is 45.1 Å². The van der Waals surface area contributed by atoms with Crippen molar-refractivity contribution in [1.82, 2.24) is 4.90 Å². The van der Waals surface area contributed by atoms with Crippen LogP contribution in [0.15, 0.2) is 30.3 Å². The summed E-state index contributed by atoms with van der Waals surface area (Å²) in [6.07, 6.45) is -0.436. The number of carbonyl (C=O) groups excluding carboxylic acids is 1. The Labute approximate surface area is 143 Å². The highest BCUT2D eigenvalue weighted by Crippen LogP contribution is 2.27. The number of benzene rings is 1. The van der Waals surface area contributed by atoms with E-state index in [-0.39, 0.29) is 24.3 Å². The van der Waals surface area contributed by atoms with Gasteiger partial charge in [-0.1, -0.05) is 37.3 Å². The van der Waals surface area contributed by atoms with Crippen molar-refractivity contribution in [3.63, 3.8) is 0 Å². The third kappa shape index (κ3) is 5.21. The maximum atomic E-state index is 12.1. The fourth-order valence-corrected chi connectivity index (χ4v) is 3.55. The summed E-state index contributed by atoms with van der Waals surface area (Å²) in [5.74, 6) is -0.00841. The number of ether oxygens (including phenoxy) is 1. The lowest BCUT2D eigenvalue weighted by molar-refractivity contribution is -0.0372. The molecule has 1 saturated heterocycles. The van der Waals surface area contributed by atoms with E-state index in [0.29, 0.717) is 12.1 Å². The van der Waals surface area contributed by atoms with Gasteiger partial charge in [0.05, 0.1) is 12.6 Å². The highest BCUT2D eigenvalue weighted by molar-refractivity contribution is 7.85. The number of hydrogen-bond donors (Lipinski definition) is 0. The number of hydrogen-bond acceptors (Lipinski definition) is 5. The van der Waals surface area contributed by atoms with Crippen molar-refractivity contribution in [2.24, 2.45) is 5.92 Å². The summed E-state index contributed by atoms with van der Waals surface area (Å²) in [5.41, 5.74) is 0.0870. The molecule has 0 saturated carbocycles. The Morgan fingerprint density at radius 3 is 2.42 bits per heavy atom. The lowest BCUT2D eigenvalue weighted by Gasteiger charge is -2.46. The zero-order valence-electron chi connectivity index (χ0n) is 14.6. The molecule has 0 radical (unpaired) electrons. The molecule has 0 spiro atoms. The highest BCUT2D eigenvalue weighted by atomic mass is 32.2. The predicted molar refractivity (Wildman–Crippen MR) is 90.9 cm³/mol. The van der Waals surface area contributed by atoms with Gasteiger partial charge in [0.15, 0.2) is 0 Å². The zero-order valence-corrected chi connectivity index (χ0v) is 15.4. The van der Waals surface area contributed by atoms with Crippen LogP contribution in [-0.4, -0.2) is 44.2 Å². The quantitative estimate of drug-likeness (QED) is 0.760. The molecular weight excluding hydrogens is 330 g/mol. The molecule has 1 aliphatic heterocycles. The van der Waals surface area contributed by atoms with Crippen molar-refractivity contribution < 1.29 is 22.1 Å². The average molecular weight is 355 g/mol. The van der Waals surface area contributed by atoms with E-state index in [9.17, 15) is 13.2 Å². The molecule has 0 bridgehead atoms. The molecule has 6 nitrogen and oxygen atoms in total. The summed E-state index contributed by atoms with van der Waals surface area (Å²) in [6.45, 7) is 7.84. The first kappa shape index (κ1) is 18.7. The van der Waals surface area contributed by atoms with Gasteiger partial charge in [0, 0.05) is 6.54 Å². The van der Waals surface area contributed by atoms with Crippen LogP contribution in [0.4, 0.5) is 4.79 Å². The van der Waals surface area contributed by atoms with Crippen LogP contribution in [0.2, 0.25) is 0 Å². The molecule has 2 rings (SSSR count). The van der Waals surface area contributed by atoms with Gasteiger partial charge in [-0.25, -0.2) is 4.79 Å². The maximum Gasteiger partial charge on any atom is 0.410 e. The van der Waals surface area contributed by atoms with E-state index in [1.165, 1.54) is 4.90 Å². The second-order valence-corrected chi connectivity index (χ2v) is 8.79. The van der Waals surface area contributed by atoms with E-state index < -0.39 is 21.8 Å². The summed E-state index contributed by atoms with van der Waals surface area (Å²) in [6, 6.07) is 8.57. The Bertz CT molecular complexity index is 666. The fourth-order valence-electron chi connectivity index (χ4n) is 2.51. The second-order valence-electron chi connectivity index (χ2n) is 7.15. The Kier molecular flexibility index (Phi) is 5.55. The Balaban J connectivity index is 1.91. The normalized spacial score (nSPS) is 21.2. The van der Waals surface area contributed by atoms with Crippen LogP contribution in [0, 0.1) is 5.92 Å². The number of carbonyl (C=O) groups is 1. The van der Waals surface area contributed by atoms with Crippen molar-refractivity contribution in [3.8, 4) is 0 Å². The van der Waals surface area contributed by atoms with Gasteiger partial charge in [-0.3, -0.25) is 4.18 Å². The van der Waals surface area contributed by atoms with Crippen LogP contribution < -0.4 is 0 Å². The van der Waals surface area contributed by atoms with E-state index >= 15 is 0 Å². The van der Waals surface area contributed by atoms with E-state index in [2.05, 4.69) is 0 Å². The highest BCUT2D eigenvalue weighted by Gasteiger charge is 2.42. The first-order valence-corrected chi connectivity index (χ1v) is 9.56. The summed E-state index contributed by atoms with van der Waals surface area (Å²) in [4.78, 5) is 13.6. The summed E-state index contributed by atoms with van der Waals surface area (Å²) in [7, 11) is -3.69. The summed E-state index contributed by atoms with van der Waals surface area (Å²) >= 11 is 0. The smallest absolute Gasteiger partial charge is 0.410 e. The number of rotatable bonds is 5. The number of amides is 1. The Hall–Kier alpha value is -1.60. The van der Waals surface area contributed by atoms with Crippen molar-refractivity contribution >= 4 is 16.2 Å². The maximum absolute atomic E-state index is 12.1.